The van der Waals surface area contributed by atoms with Crippen molar-refractivity contribution in [3.05, 3.63) is 282 Å². The normalized spacial score (nSPS) is 11.7. The average molecular weight is 1140 g/mol. The maximum atomic E-state index is 9.54. The summed E-state index contributed by atoms with van der Waals surface area (Å²) in [6, 6.07) is 92.9. The molecule has 1 aliphatic rings. The molecule has 0 fully saturated rings. The molecule has 1 aliphatic carbocycles. The molecule has 17 aromatic rings. The van der Waals surface area contributed by atoms with Gasteiger partial charge in [-0.1, -0.05) is 146 Å². The van der Waals surface area contributed by atoms with Crippen molar-refractivity contribution in [1.82, 2.24) is 13.7 Å². The summed E-state index contributed by atoms with van der Waals surface area (Å²) >= 11 is 3.46. The van der Waals surface area contributed by atoms with Crippen molar-refractivity contribution in [2.24, 2.45) is 0 Å². The number of nitriles is 2. The molecule has 0 atom stereocenters. The van der Waals surface area contributed by atoms with Crippen LogP contribution in [-0.2, 0) is 6.42 Å². The number of nitrogens with zero attached hydrogens (tertiary/aromatic N) is 5. The monoisotopic (exact) mass is 1140 g/mol. The highest BCUT2D eigenvalue weighted by Crippen LogP contribution is 2.42. The van der Waals surface area contributed by atoms with E-state index in [1.807, 2.05) is 66.7 Å². The summed E-state index contributed by atoms with van der Waals surface area (Å²) < 4.78 is 19.8. The number of benzene rings is 12. The number of rotatable bonds is 3. The molecule has 0 aliphatic heterocycles. The van der Waals surface area contributed by atoms with Gasteiger partial charge in [-0.2, -0.15) is 10.5 Å². The van der Waals surface area contributed by atoms with Gasteiger partial charge in [0.05, 0.1) is 56.4 Å². The van der Waals surface area contributed by atoms with Crippen molar-refractivity contribution in [2.75, 3.05) is 0 Å². The molecule has 0 unspecified atom stereocenters. The van der Waals surface area contributed by atoms with Gasteiger partial charge in [0.1, 0.15) is 22.3 Å². The molecular formula is C75H48BBrN5O2-. The Labute approximate surface area is 492 Å². The van der Waals surface area contributed by atoms with Crippen LogP contribution in [0.15, 0.2) is 268 Å². The topological polar surface area (TPSA) is 88.7 Å². The van der Waals surface area contributed by atoms with Crippen LogP contribution in [0.25, 0.3) is 137 Å². The SMILES string of the molecule is Brc1ccc2oc3ccccc3c2c1.N#Cc1ccc2c(c1)c1ccccc1n2-c1ccc2c(c1)-c1ccccc1C2.N#Cc1ccc2c(c1)c1ccccc1n2-c1ccc2c(c1)c1ccccc1n2-c1ccc2oc3ccccc3c2c1.[BH4-]. The second kappa shape index (κ2) is 20.0. The van der Waals surface area contributed by atoms with Crippen LogP contribution in [0.2, 0.25) is 0 Å². The lowest BCUT2D eigenvalue weighted by Crippen LogP contribution is -1.95. The minimum absolute atomic E-state index is 0. The highest BCUT2D eigenvalue weighted by Gasteiger charge is 2.22. The number of halogens is 1. The Kier molecular flexibility index (Phi) is 11.9. The first-order valence-electron chi connectivity index (χ1n) is 27.6. The number of hydrogen-bond donors (Lipinski definition) is 0. The number of furan rings is 2. The maximum absolute atomic E-state index is 9.54. The summed E-state index contributed by atoms with van der Waals surface area (Å²) in [6.45, 7) is 0. The highest BCUT2D eigenvalue weighted by molar-refractivity contribution is 9.10. The van der Waals surface area contributed by atoms with E-state index in [-0.39, 0.29) is 8.41 Å². The van der Waals surface area contributed by atoms with Gasteiger partial charge >= 0.3 is 0 Å². The Morgan fingerprint density at radius 2 is 0.690 bits per heavy atom. The fourth-order valence-corrected chi connectivity index (χ4v) is 13.2. The molecule has 0 spiro atoms. The lowest BCUT2D eigenvalue weighted by molar-refractivity contribution is 0.668. The molecule has 9 heteroatoms. The largest absolute Gasteiger partial charge is 0.456 e. The molecule has 0 amide bonds. The lowest BCUT2D eigenvalue weighted by Gasteiger charge is -2.10. The zero-order valence-electron chi connectivity index (χ0n) is 44.4. The van der Waals surface area contributed by atoms with Crippen LogP contribution >= 0.6 is 15.9 Å². The zero-order chi connectivity index (χ0) is 55.3. The molecule has 0 radical (unpaired) electrons. The van der Waals surface area contributed by atoms with E-state index in [1.165, 1.54) is 49.3 Å². The summed E-state index contributed by atoms with van der Waals surface area (Å²) in [5.74, 6) is 0. The third-order valence-corrected chi connectivity index (χ3v) is 17.0. The van der Waals surface area contributed by atoms with Crippen molar-refractivity contribution in [1.29, 1.82) is 10.5 Å². The zero-order valence-corrected chi connectivity index (χ0v) is 46.0. The van der Waals surface area contributed by atoms with Crippen molar-refractivity contribution < 1.29 is 8.83 Å². The number of fused-ring (bicyclic) bond motifs is 18. The molecule has 18 rings (SSSR count). The van der Waals surface area contributed by atoms with Crippen molar-refractivity contribution in [3.63, 3.8) is 0 Å². The van der Waals surface area contributed by atoms with Crippen LogP contribution in [0.3, 0.4) is 0 Å². The van der Waals surface area contributed by atoms with Crippen LogP contribution in [0.5, 0.6) is 0 Å². The van der Waals surface area contributed by atoms with Crippen molar-refractivity contribution in [2.45, 2.75) is 6.42 Å². The Balaban J connectivity index is 0.000000120. The second-order valence-electron chi connectivity index (χ2n) is 21.1. The summed E-state index contributed by atoms with van der Waals surface area (Å²) in [7, 11) is 0. The Bertz CT molecular complexity index is 5630. The number of para-hydroxylation sites is 5. The third kappa shape index (κ3) is 8.01. The lowest BCUT2D eigenvalue weighted by atomic mass is 10.1. The molecular weight excluding hydrogens is 1090 g/mol. The fraction of sp³-hybridized carbons (Fsp3) is 0.0133. The quantitative estimate of drug-likeness (QED) is 0.165. The van der Waals surface area contributed by atoms with Gasteiger partial charge in [0.15, 0.2) is 0 Å². The Hall–Kier alpha value is -10.8. The summed E-state index contributed by atoms with van der Waals surface area (Å²) in [4.78, 5) is 0. The van der Waals surface area contributed by atoms with E-state index in [0.29, 0.717) is 11.1 Å². The van der Waals surface area contributed by atoms with Gasteiger partial charge in [-0.15, -0.1) is 0 Å². The van der Waals surface area contributed by atoms with E-state index in [9.17, 15) is 10.5 Å². The molecule has 7 nitrogen and oxygen atoms in total. The minimum atomic E-state index is 0. The van der Waals surface area contributed by atoms with Crippen LogP contribution in [0.1, 0.15) is 22.3 Å². The predicted octanol–water partition coefficient (Wildman–Crippen LogP) is 18.8. The van der Waals surface area contributed by atoms with Gasteiger partial charge < -0.3 is 22.5 Å². The van der Waals surface area contributed by atoms with E-state index < -0.39 is 0 Å². The molecule has 0 bridgehead atoms. The van der Waals surface area contributed by atoms with Gasteiger partial charge in [-0.25, -0.2) is 0 Å². The van der Waals surface area contributed by atoms with Crippen molar-refractivity contribution >= 4 is 134 Å². The van der Waals surface area contributed by atoms with Gasteiger partial charge in [-0.3, -0.25) is 0 Å². The average Bonchev–Trinajstić information content (AvgIpc) is 2.47. The van der Waals surface area contributed by atoms with E-state index >= 15 is 0 Å². The van der Waals surface area contributed by atoms with Gasteiger partial charge in [0.2, 0.25) is 0 Å². The van der Waals surface area contributed by atoms with Gasteiger partial charge in [0.25, 0.3) is 0 Å². The minimum Gasteiger partial charge on any atom is -0.456 e. The molecule has 84 heavy (non-hydrogen) atoms. The summed E-state index contributed by atoms with van der Waals surface area (Å²) in [5.41, 5.74) is 20.7. The first-order valence-corrected chi connectivity index (χ1v) is 28.4. The van der Waals surface area contributed by atoms with Gasteiger partial charge in [0, 0.05) is 75.4 Å². The van der Waals surface area contributed by atoms with E-state index in [2.05, 4.69) is 230 Å². The van der Waals surface area contributed by atoms with E-state index in [4.69, 9.17) is 8.83 Å². The van der Waals surface area contributed by atoms with Crippen LogP contribution < -0.4 is 0 Å². The summed E-state index contributed by atoms with van der Waals surface area (Å²) in [5, 5.41) is 30.4. The Morgan fingerprint density at radius 1 is 0.310 bits per heavy atom. The second-order valence-corrected chi connectivity index (χ2v) is 22.1. The number of aromatic nitrogens is 3. The first kappa shape index (κ1) is 50.2. The van der Waals surface area contributed by atoms with Crippen LogP contribution in [0, 0.1) is 22.7 Å². The number of hydrogen-bond acceptors (Lipinski definition) is 4. The molecule has 396 valence electrons. The standard InChI is InChI=1S/C37H21N3O.C26H16N2.C12H7BrO.BH4/c38-22-23-13-16-34-29(19-23)26-7-1-4-10-32(26)39(34)24-14-17-35-30(20-24)27-8-2-5-11-33(27)40(35)25-15-18-37-31(21-25)28-9-3-6-12-36(28)41-37;27-16-17-9-12-26-24(13-17)22-7-3-4-8-25(22)28(26)20-11-10-19-14-18-5-1-2-6-21(18)23(19)15-20;13-8-5-6-12-10(7-8)9-3-1-2-4-11(9)14-12;/h1-21H;1-13,15H,14H2;1-7H;1H4/q;;;-1. The Morgan fingerprint density at radius 3 is 1.25 bits per heavy atom. The molecule has 12 aromatic carbocycles. The molecule has 0 N–H and O–H groups in total. The predicted molar refractivity (Wildman–Crippen MR) is 354 cm³/mol. The smallest absolute Gasteiger partial charge is 0.135 e. The summed E-state index contributed by atoms with van der Waals surface area (Å²) in [6.07, 6.45) is 1.00. The fourth-order valence-electron chi connectivity index (χ4n) is 12.8. The first-order chi connectivity index (χ1) is 41.0. The highest BCUT2D eigenvalue weighted by atomic mass is 79.9. The third-order valence-electron chi connectivity index (χ3n) is 16.5. The molecule has 0 saturated carbocycles. The maximum Gasteiger partial charge on any atom is 0.135 e. The van der Waals surface area contributed by atoms with Crippen molar-refractivity contribution in [3.8, 4) is 40.3 Å². The van der Waals surface area contributed by atoms with Crippen LogP contribution in [0.4, 0.5) is 0 Å². The molecule has 5 aromatic heterocycles. The molecule has 5 heterocycles. The van der Waals surface area contributed by atoms with Crippen LogP contribution in [-0.4, -0.2) is 22.1 Å². The molecule has 0 saturated heterocycles. The van der Waals surface area contributed by atoms with E-state index in [0.717, 1.165) is 110 Å². The van der Waals surface area contributed by atoms with E-state index in [1.54, 1.807) is 0 Å². The van der Waals surface area contributed by atoms with Gasteiger partial charge in [-0.05, 0) is 162 Å².